The van der Waals surface area contributed by atoms with Gasteiger partial charge in [-0.3, -0.25) is 0 Å². The van der Waals surface area contributed by atoms with Gasteiger partial charge in [-0.25, -0.2) is 0 Å². The summed E-state index contributed by atoms with van der Waals surface area (Å²) in [6.45, 7) is 6.57. The van der Waals surface area contributed by atoms with Gasteiger partial charge in [0.25, 0.3) is 0 Å². The van der Waals surface area contributed by atoms with E-state index in [2.05, 4.69) is 13.0 Å². The Balaban J connectivity index is 0.000000636. The van der Waals surface area contributed by atoms with E-state index in [1.165, 1.54) is 44.9 Å². The van der Waals surface area contributed by atoms with Gasteiger partial charge in [-0.2, -0.15) is 0 Å². The van der Waals surface area contributed by atoms with Gasteiger partial charge in [0.1, 0.15) is 0 Å². The van der Waals surface area contributed by atoms with Crippen molar-refractivity contribution in [3.8, 4) is 0 Å². The Morgan fingerprint density at radius 2 is 1.90 bits per heavy atom. The summed E-state index contributed by atoms with van der Waals surface area (Å²) in [4.78, 5) is 0. The summed E-state index contributed by atoms with van der Waals surface area (Å²) in [6, 6.07) is 0. The topological polar surface area (TPSA) is 20.2 Å². The second kappa shape index (κ2) is 6.07. The third-order valence-corrected chi connectivity index (χ3v) is 7.34. The van der Waals surface area contributed by atoms with E-state index in [0.29, 0.717) is 5.41 Å². The normalized spacial score (nSPS) is 48.2. The van der Waals surface area contributed by atoms with Crippen molar-refractivity contribution in [3.05, 3.63) is 11.6 Å². The molecular formula is C20H34O. The summed E-state index contributed by atoms with van der Waals surface area (Å²) in [5.74, 6) is 3.70. The van der Waals surface area contributed by atoms with Gasteiger partial charge < -0.3 is 5.11 Å². The van der Waals surface area contributed by atoms with E-state index in [-0.39, 0.29) is 6.10 Å². The monoisotopic (exact) mass is 290 g/mol. The third kappa shape index (κ3) is 2.50. The van der Waals surface area contributed by atoms with Gasteiger partial charge >= 0.3 is 0 Å². The van der Waals surface area contributed by atoms with Crippen molar-refractivity contribution in [2.75, 3.05) is 0 Å². The van der Waals surface area contributed by atoms with Crippen LogP contribution in [0.1, 0.15) is 78.6 Å². The van der Waals surface area contributed by atoms with Gasteiger partial charge in [0, 0.05) is 0 Å². The van der Waals surface area contributed by atoms with Crippen LogP contribution in [0.15, 0.2) is 11.6 Å². The van der Waals surface area contributed by atoms with E-state index in [4.69, 9.17) is 0 Å². The highest BCUT2D eigenvalue weighted by molar-refractivity contribution is 5.20. The summed E-state index contributed by atoms with van der Waals surface area (Å²) in [5.41, 5.74) is 2.37. The molecule has 0 heterocycles. The quantitative estimate of drug-likeness (QED) is 0.597. The number of hydrogen-bond acceptors (Lipinski definition) is 1. The zero-order valence-corrected chi connectivity index (χ0v) is 14.3. The molecule has 0 aromatic rings. The predicted octanol–water partition coefficient (Wildman–Crippen LogP) is 5.34. The maximum absolute atomic E-state index is 10.00. The molecule has 0 aliphatic heterocycles. The largest absolute Gasteiger partial charge is 0.393 e. The van der Waals surface area contributed by atoms with Crippen LogP contribution in [0.2, 0.25) is 0 Å². The molecular weight excluding hydrogens is 256 g/mol. The Morgan fingerprint density at radius 1 is 1.10 bits per heavy atom. The van der Waals surface area contributed by atoms with Gasteiger partial charge in [0.05, 0.1) is 6.10 Å². The SMILES string of the molecule is CC.CC12CCC(O)CC1CCC1C3CCC=C3CCC12. The highest BCUT2D eigenvalue weighted by Gasteiger charge is 2.53. The highest BCUT2D eigenvalue weighted by atomic mass is 16.3. The van der Waals surface area contributed by atoms with Crippen molar-refractivity contribution < 1.29 is 5.11 Å². The number of hydrogen-bond donors (Lipinski definition) is 1. The fourth-order valence-corrected chi connectivity index (χ4v) is 6.33. The molecule has 0 aromatic carbocycles. The Morgan fingerprint density at radius 3 is 2.71 bits per heavy atom. The van der Waals surface area contributed by atoms with Crippen LogP contribution in [0.3, 0.4) is 0 Å². The maximum Gasteiger partial charge on any atom is 0.0543 e. The summed E-state index contributed by atoms with van der Waals surface area (Å²) < 4.78 is 0. The van der Waals surface area contributed by atoms with Crippen molar-refractivity contribution in [2.24, 2.45) is 29.1 Å². The molecule has 0 bridgehead atoms. The minimum absolute atomic E-state index is 0.000142. The van der Waals surface area contributed by atoms with E-state index in [1.54, 1.807) is 0 Å². The summed E-state index contributed by atoms with van der Waals surface area (Å²) in [6.07, 6.45) is 14.4. The van der Waals surface area contributed by atoms with Crippen molar-refractivity contribution in [3.63, 3.8) is 0 Å². The number of aliphatic hydroxyl groups is 1. The first-order valence-corrected chi connectivity index (χ1v) is 9.55. The van der Waals surface area contributed by atoms with Gasteiger partial charge in [0.15, 0.2) is 0 Å². The average molecular weight is 290 g/mol. The molecule has 0 saturated heterocycles. The average Bonchev–Trinajstić information content (AvgIpc) is 2.99. The van der Waals surface area contributed by atoms with Crippen LogP contribution in [0.5, 0.6) is 0 Å². The maximum atomic E-state index is 10.00. The van der Waals surface area contributed by atoms with Crippen LogP contribution in [0.25, 0.3) is 0 Å². The lowest BCUT2D eigenvalue weighted by atomic mass is 9.47. The summed E-state index contributed by atoms with van der Waals surface area (Å²) >= 11 is 0. The first kappa shape index (κ1) is 15.6. The first-order valence-electron chi connectivity index (χ1n) is 9.55. The standard InChI is InChI=1S/C18H28O.C2H6/c1-18-10-9-14(19)11-13(18)6-7-16-15-4-2-3-12(15)5-8-17(16)18;1-2/h3,13-17,19H,2,4-11H2,1H3;1-2H3. The van der Waals surface area contributed by atoms with Crippen molar-refractivity contribution in [1.29, 1.82) is 0 Å². The Hall–Kier alpha value is -0.300. The molecule has 4 aliphatic rings. The van der Waals surface area contributed by atoms with Gasteiger partial charge in [-0.15, -0.1) is 0 Å². The molecule has 6 atom stereocenters. The molecule has 0 aromatic heterocycles. The summed E-state index contributed by atoms with van der Waals surface area (Å²) in [5, 5.41) is 10.00. The number of fused-ring (bicyclic) bond motifs is 5. The second-order valence-electron chi connectivity index (χ2n) is 7.98. The Labute approximate surface area is 131 Å². The van der Waals surface area contributed by atoms with Crippen LogP contribution in [-0.2, 0) is 0 Å². The molecule has 1 N–H and O–H groups in total. The second-order valence-corrected chi connectivity index (χ2v) is 7.98. The molecule has 0 spiro atoms. The van der Waals surface area contributed by atoms with Gasteiger partial charge in [-0.1, -0.05) is 32.4 Å². The van der Waals surface area contributed by atoms with Crippen LogP contribution in [-0.4, -0.2) is 11.2 Å². The van der Waals surface area contributed by atoms with Crippen LogP contribution in [0, 0.1) is 29.1 Å². The molecule has 4 rings (SSSR count). The molecule has 6 unspecified atom stereocenters. The molecule has 1 heteroatoms. The highest BCUT2D eigenvalue weighted by Crippen LogP contribution is 2.62. The molecule has 0 amide bonds. The van der Waals surface area contributed by atoms with Crippen molar-refractivity contribution in [1.82, 2.24) is 0 Å². The van der Waals surface area contributed by atoms with Crippen molar-refractivity contribution >= 4 is 0 Å². The first-order chi connectivity index (χ1) is 10.2. The van der Waals surface area contributed by atoms with Gasteiger partial charge in [-0.05, 0) is 86.9 Å². The minimum Gasteiger partial charge on any atom is -0.393 e. The predicted molar refractivity (Wildman–Crippen MR) is 89.1 cm³/mol. The fraction of sp³-hybridized carbons (Fsp3) is 0.900. The fourth-order valence-electron chi connectivity index (χ4n) is 6.33. The van der Waals surface area contributed by atoms with Crippen LogP contribution in [0.4, 0.5) is 0 Å². The smallest absolute Gasteiger partial charge is 0.0543 e. The minimum atomic E-state index is 0.000142. The number of allylic oxidation sites excluding steroid dienone is 2. The Kier molecular flexibility index (Phi) is 4.50. The molecule has 3 saturated carbocycles. The number of aliphatic hydroxyl groups excluding tert-OH is 1. The summed E-state index contributed by atoms with van der Waals surface area (Å²) in [7, 11) is 0. The molecule has 21 heavy (non-hydrogen) atoms. The lowest BCUT2D eigenvalue weighted by Gasteiger charge is -2.58. The Bertz CT molecular complexity index is 399. The molecule has 120 valence electrons. The third-order valence-electron chi connectivity index (χ3n) is 7.34. The number of rotatable bonds is 0. The molecule has 3 fully saturated rings. The van der Waals surface area contributed by atoms with Crippen molar-refractivity contribution in [2.45, 2.75) is 84.7 Å². The van der Waals surface area contributed by atoms with E-state index in [9.17, 15) is 5.11 Å². The molecule has 4 aliphatic carbocycles. The van der Waals surface area contributed by atoms with E-state index >= 15 is 0 Å². The van der Waals surface area contributed by atoms with E-state index in [1.807, 2.05) is 19.4 Å². The van der Waals surface area contributed by atoms with E-state index in [0.717, 1.165) is 36.5 Å². The van der Waals surface area contributed by atoms with Gasteiger partial charge in [0.2, 0.25) is 0 Å². The lowest BCUT2D eigenvalue weighted by molar-refractivity contribution is -0.0897. The lowest BCUT2D eigenvalue weighted by Crippen LogP contribution is -2.50. The van der Waals surface area contributed by atoms with Crippen LogP contribution < -0.4 is 0 Å². The zero-order chi connectivity index (χ0) is 15.0. The molecule has 1 nitrogen and oxygen atoms in total. The van der Waals surface area contributed by atoms with Crippen LogP contribution >= 0.6 is 0 Å². The zero-order valence-electron chi connectivity index (χ0n) is 14.3. The van der Waals surface area contributed by atoms with E-state index < -0.39 is 0 Å². The molecule has 0 radical (unpaired) electrons.